The quantitative estimate of drug-likeness (QED) is 0.354. The number of nitro groups is 1. The van der Waals surface area contributed by atoms with Crippen LogP contribution in [0.15, 0.2) is 59.6 Å². The number of nitrogens with zero attached hydrogens (tertiary/aromatic N) is 3. The summed E-state index contributed by atoms with van der Waals surface area (Å²) in [6, 6.07) is 12.9. The second-order valence-electron chi connectivity index (χ2n) is 6.03. The van der Waals surface area contributed by atoms with Gasteiger partial charge in [0.05, 0.1) is 9.82 Å². The minimum Gasteiger partial charge on any atom is -0.457 e. The number of sulfone groups is 1. The Hall–Kier alpha value is -4.17. The zero-order valence-corrected chi connectivity index (χ0v) is 16.3. The first kappa shape index (κ1) is 20.6. The molecular formula is C19H14N4O6S. The molecule has 30 heavy (non-hydrogen) atoms. The third kappa shape index (κ3) is 4.45. The van der Waals surface area contributed by atoms with E-state index in [9.17, 15) is 18.5 Å². The Balaban J connectivity index is 1.99. The number of rotatable bonds is 6. The van der Waals surface area contributed by atoms with Crippen LogP contribution in [0.5, 0.6) is 23.0 Å². The number of ether oxygens (including phenoxy) is 2. The Morgan fingerprint density at radius 3 is 2.40 bits per heavy atom. The summed E-state index contributed by atoms with van der Waals surface area (Å²) in [6.07, 6.45) is 2.46. The highest BCUT2D eigenvalue weighted by Crippen LogP contribution is 2.41. The van der Waals surface area contributed by atoms with Crippen LogP contribution in [0.4, 0.5) is 11.4 Å². The second-order valence-corrected chi connectivity index (χ2v) is 8.04. The minimum atomic E-state index is -3.37. The lowest BCUT2D eigenvalue weighted by atomic mass is 10.2. The Bertz CT molecular complexity index is 1270. The van der Waals surface area contributed by atoms with Crippen LogP contribution in [0.1, 0.15) is 5.69 Å². The maximum atomic E-state index is 11.6. The Kier molecular flexibility index (Phi) is 5.52. The smallest absolute Gasteiger partial charge is 0.334 e. The van der Waals surface area contributed by atoms with Crippen LogP contribution < -0.4 is 15.2 Å². The van der Waals surface area contributed by atoms with E-state index in [1.807, 2.05) is 6.07 Å². The standard InChI is InChI=1S/C19H14N4O6S/c1-30(26,27)14-6-4-12(5-7-14)28-13-9-15(21)19(23(24)25)18(10-13)29-17-3-2-8-22-16(17)11-20/h2-10H,21H2,1H3. The van der Waals surface area contributed by atoms with Crippen molar-refractivity contribution in [2.75, 3.05) is 12.0 Å². The van der Waals surface area contributed by atoms with Crippen molar-refractivity contribution in [3.05, 3.63) is 70.5 Å². The molecule has 0 saturated heterocycles. The van der Waals surface area contributed by atoms with Gasteiger partial charge in [0.2, 0.25) is 5.75 Å². The van der Waals surface area contributed by atoms with Crippen molar-refractivity contribution in [1.29, 1.82) is 5.26 Å². The van der Waals surface area contributed by atoms with Gasteiger partial charge in [-0.25, -0.2) is 13.4 Å². The average Bonchev–Trinajstić information content (AvgIpc) is 2.67. The number of hydrogen-bond donors (Lipinski definition) is 1. The summed E-state index contributed by atoms with van der Waals surface area (Å²) in [7, 11) is -3.37. The highest BCUT2D eigenvalue weighted by molar-refractivity contribution is 7.90. The van der Waals surface area contributed by atoms with E-state index in [4.69, 9.17) is 20.5 Å². The maximum Gasteiger partial charge on any atom is 0.334 e. The Labute approximate surface area is 171 Å². The van der Waals surface area contributed by atoms with E-state index in [1.54, 1.807) is 0 Å². The molecule has 3 rings (SSSR count). The molecule has 1 aromatic heterocycles. The molecule has 0 atom stereocenters. The van der Waals surface area contributed by atoms with Gasteiger partial charge in [-0.05, 0) is 36.4 Å². The van der Waals surface area contributed by atoms with Gasteiger partial charge in [0.25, 0.3) is 0 Å². The van der Waals surface area contributed by atoms with Gasteiger partial charge in [-0.15, -0.1) is 0 Å². The molecular weight excluding hydrogens is 412 g/mol. The summed E-state index contributed by atoms with van der Waals surface area (Å²) >= 11 is 0. The van der Waals surface area contributed by atoms with E-state index in [0.717, 1.165) is 6.26 Å². The lowest BCUT2D eigenvalue weighted by Gasteiger charge is -2.12. The van der Waals surface area contributed by atoms with E-state index < -0.39 is 20.4 Å². The largest absolute Gasteiger partial charge is 0.457 e. The zero-order valence-electron chi connectivity index (χ0n) is 15.5. The minimum absolute atomic E-state index is 0.0113. The number of hydrogen-bond acceptors (Lipinski definition) is 9. The fourth-order valence-electron chi connectivity index (χ4n) is 2.50. The lowest BCUT2D eigenvalue weighted by molar-refractivity contribution is -0.384. The topological polar surface area (TPSA) is 158 Å². The van der Waals surface area contributed by atoms with Crippen molar-refractivity contribution in [3.8, 4) is 29.1 Å². The van der Waals surface area contributed by atoms with Crippen molar-refractivity contribution in [2.24, 2.45) is 0 Å². The second kappa shape index (κ2) is 8.06. The van der Waals surface area contributed by atoms with E-state index in [0.29, 0.717) is 0 Å². The number of aromatic nitrogens is 1. The molecule has 3 aromatic rings. The molecule has 0 aliphatic carbocycles. The van der Waals surface area contributed by atoms with Crippen LogP contribution in [0, 0.1) is 21.4 Å². The summed E-state index contributed by atoms with van der Waals surface area (Å²) in [5.74, 6) is 0.160. The molecule has 0 amide bonds. The fraction of sp³-hybridized carbons (Fsp3) is 0.0526. The molecule has 0 saturated carbocycles. The number of nitriles is 1. The molecule has 0 fully saturated rings. The van der Waals surface area contributed by atoms with Crippen LogP contribution in [0.3, 0.4) is 0 Å². The third-order valence-corrected chi connectivity index (χ3v) is 4.97. The van der Waals surface area contributed by atoms with Crippen LogP contribution in [0.25, 0.3) is 0 Å². The molecule has 0 spiro atoms. The first-order valence-electron chi connectivity index (χ1n) is 8.28. The van der Waals surface area contributed by atoms with Crippen LogP contribution >= 0.6 is 0 Å². The Morgan fingerprint density at radius 1 is 1.10 bits per heavy atom. The lowest BCUT2D eigenvalue weighted by Crippen LogP contribution is -2.01. The fourth-order valence-corrected chi connectivity index (χ4v) is 3.13. The van der Waals surface area contributed by atoms with Crippen molar-refractivity contribution >= 4 is 21.2 Å². The van der Waals surface area contributed by atoms with E-state index in [-0.39, 0.29) is 39.3 Å². The molecule has 2 N–H and O–H groups in total. The normalized spacial score (nSPS) is 10.8. The van der Waals surface area contributed by atoms with E-state index >= 15 is 0 Å². The molecule has 11 heteroatoms. The number of pyridine rings is 1. The number of anilines is 1. The number of nitrogen functional groups attached to an aromatic ring is 1. The molecule has 10 nitrogen and oxygen atoms in total. The van der Waals surface area contributed by atoms with Crippen molar-refractivity contribution in [3.63, 3.8) is 0 Å². The first-order chi connectivity index (χ1) is 14.2. The number of nitro benzene ring substituents is 1. The highest BCUT2D eigenvalue weighted by atomic mass is 32.2. The predicted octanol–water partition coefficient (Wildman–Crippen LogP) is 3.43. The predicted molar refractivity (Wildman–Crippen MR) is 106 cm³/mol. The van der Waals surface area contributed by atoms with Crippen molar-refractivity contribution < 1.29 is 22.8 Å². The van der Waals surface area contributed by atoms with Gasteiger partial charge in [0, 0.05) is 24.6 Å². The number of nitrogens with two attached hydrogens (primary N) is 1. The van der Waals surface area contributed by atoms with Gasteiger partial charge in [-0.1, -0.05) is 0 Å². The average molecular weight is 426 g/mol. The molecule has 2 aromatic carbocycles. The van der Waals surface area contributed by atoms with Gasteiger partial charge in [0.15, 0.2) is 21.3 Å². The zero-order chi connectivity index (χ0) is 21.9. The monoisotopic (exact) mass is 426 g/mol. The van der Waals surface area contributed by atoms with Gasteiger partial charge in [-0.3, -0.25) is 10.1 Å². The molecule has 0 aliphatic heterocycles. The summed E-state index contributed by atoms with van der Waals surface area (Å²) in [5.41, 5.74) is 5.04. The van der Waals surface area contributed by atoms with Gasteiger partial charge >= 0.3 is 5.69 Å². The maximum absolute atomic E-state index is 11.6. The summed E-state index contributed by atoms with van der Waals surface area (Å²) in [5, 5.41) is 20.6. The molecule has 0 unspecified atom stereocenters. The molecule has 0 bridgehead atoms. The summed E-state index contributed by atoms with van der Waals surface area (Å²) in [4.78, 5) is 14.7. The molecule has 0 radical (unpaired) electrons. The van der Waals surface area contributed by atoms with E-state index in [1.165, 1.54) is 54.7 Å². The summed E-state index contributed by atoms with van der Waals surface area (Å²) < 4.78 is 34.3. The van der Waals surface area contributed by atoms with Crippen LogP contribution in [-0.2, 0) is 9.84 Å². The molecule has 1 heterocycles. The van der Waals surface area contributed by atoms with Crippen LogP contribution in [-0.4, -0.2) is 24.6 Å². The summed E-state index contributed by atoms with van der Waals surface area (Å²) in [6.45, 7) is 0. The third-order valence-electron chi connectivity index (χ3n) is 3.84. The van der Waals surface area contributed by atoms with Crippen LogP contribution in [0.2, 0.25) is 0 Å². The molecule has 152 valence electrons. The number of benzene rings is 2. The highest BCUT2D eigenvalue weighted by Gasteiger charge is 2.23. The molecule has 0 aliphatic rings. The van der Waals surface area contributed by atoms with E-state index in [2.05, 4.69) is 4.98 Å². The van der Waals surface area contributed by atoms with Gasteiger partial charge in [-0.2, -0.15) is 5.26 Å². The van der Waals surface area contributed by atoms with Crippen molar-refractivity contribution in [1.82, 2.24) is 4.98 Å². The van der Waals surface area contributed by atoms with Crippen molar-refractivity contribution in [2.45, 2.75) is 4.90 Å². The Morgan fingerprint density at radius 2 is 1.80 bits per heavy atom. The van der Waals surface area contributed by atoms with Gasteiger partial charge < -0.3 is 15.2 Å². The first-order valence-corrected chi connectivity index (χ1v) is 10.2. The SMILES string of the molecule is CS(=O)(=O)c1ccc(Oc2cc(N)c([N+](=O)[O-])c(Oc3cccnc3C#N)c2)cc1. The van der Waals surface area contributed by atoms with Gasteiger partial charge in [0.1, 0.15) is 23.3 Å².